The van der Waals surface area contributed by atoms with Gasteiger partial charge in [0.1, 0.15) is 5.75 Å². The van der Waals surface area contributed by atoms with Crippen LogP contribution in [0.25, 0.3) is 16.9 Å². The molecular weight excluding hydrogens is 502 g/mol. The first kappa shape index (κ1) is 27.5. The van der Waals surface area contributed by atoms with Crippen LogP contribution in [0.1, 0.15) is 38.3 Å². The van der Waals surface area contributed by atoms with E-state index in [2.05, 4.69) is 36.0 Å². The summed E-state index contributed by atoms with van der Waals surface area (Å²) < 4.78 is 6.66. The van der Waals surface area contributed by atoms with E-state index in [9.17, 15) is 15.0 Å². The summed E-state index contributed by atoms with van der Waals surface area (Å²) in [5.74, 6) is -1.02. The van der Waals surface area contributed by atoms with Gasteiger partial charge in [0.15, 0.2) is 0 Å². The van der Waals surface area contributed by atoms with Crippen LogP contribution in [0.15, 0.2) is 95.4 Å². The van der Waals surface area contributed by atoms with Gasteiger partial charge in [-0.15, -0.1) is 12.2 Å². The number of nitrogens with zero attached hydrogens (tertiary/aromatic N) is 2. The van der Waals surface area contributed by atoms with E-state index in [4.69, 9.17) is 4.74 Å². The molecule has 1 aliphatic carbocycles. The minimum absolute atomic E-state index is 0. The van der Waals surface area contributed by atoms with Crippen LogP contribution in [0.2, 0.25) is 0 Å². The van der Waals surface area contributed by atoms with E-state index in [1.165, 1.54) is 10.2 Å². The number of ether oxygens (including phenoxy) is 1. The first-order chi connectivity index (χ1) is 18.7. The predicted molar refractivity (Wildman–Crippen MR) is 155 cm³/mol. The Morgan fingerprint density at radius 2 is 1.55 bits per heavy atom. The number of hydrogen-bond acceptors (Lipinski definition) is 5. The molecule has 0 radical (unpaired) electrons. The average molecular weight is 538 g/mol. The Labute approximate surface area is 235 Å². The van der Waals surface area contributed by atoms with E-state index in [0.717, 1.165) is 16.9 Å². The molecule has 1 aromatic heterocycles. The number of H-pyrrole nitrogens is 1. The highest BCUT2D eigenvalue weighted by Gasteiger charge is 2.44. The number of fused-ring (bicyclic) bond motifs is 1. The van der Waals surface area contributed by atoms with Crippen molar-refractivity contribution >= 4 is 5.69 Å². The van der Waals surface area contributed by atoms with Crippen LogP contribution < -0.4 is 25.4 Å². The number of hydrogen-bond donors (Lipinski definition) is 1. The molecule has 7 heteroatoms. The van der Waals surface area contributed by atoms with Crippen LogP contribution in [0.3, 0.4) is 0 Å². The van der Waals surface area contributed by atoms with Gasteiger partial charge in [0, 0.05) is 29.4 Å². The van der Waals surface area contributed by atoms with Crippen LogP contribution in [0, 0.1) is 5.92 Å². The van der Waals surface area contributed by atoms with E-state index < -0.39 is 24.0 Å². The van der Waals surface area contributed by atoms with Crippen molar-refractivity contribution in [1.29, 1.82) is 0 Å². The lowest BCUT2D eigenvalue weighted by Gasteiger charge is -2.60. The summed E-state index contributed by atoms with van der Waals surface area (Å²) in [6.45, 7) is 4.23. The van der Waals surface area contributed by atoms with Gasteiger partial charge in [0.2, 0.25) is 0 Å². The number of allylic oxidation sites excluding steroid dienone is 1. The first-order valence-electron chi connectivity index (χ1n) is 13.2. The van der Waals surface area contributed by atoms with Crippen molar-refractivity contribution in [3.63, 3.8) is 0 Å². The normalized spacial score (nSPS) is 23.9. The van der Waals surface area contributed by atoms with Crippen LogP contribution in [-0.4, -0.2) is 36.1 Å². The fourth-order valence-corrected chi connectivity index (χ4v) is 6.21. The third-order valence-corrected chi connectivity index (χ3v) is 8.41. The summed E-state index contributed by atoms with van der Waals surface area (Å²) in [6, 6.07) is 24.6. The second-order valence-corrected chi connectivity index (χ2v) is 10.9. The van der Waals surface area contributed by atoms with Gasteiger partial charge < -0.3 is 19.8 Å². The quantitative estimate of drug-likeness (QED) is 0.416. The van der Waals surface area contributed by atoms with Crippen LogP contribution in [-0.2, 0) is 5.41 Å². The fraction of sp³-hybridized carbons (Fsp3) is 0.303. The number of benzene rings is 3. The number of para-hydroxylation sites is 1. The molecule has 3 aromatic carbocycles. The predicted octanol–water partition coefficient (Wildman–Crippen LogP) is 3.96. The molecule has 1 aliphatic heterocycles. The number of likely N-dealkylation sites (N-methyl/N-ethyl adjacent to an activating group) is 1. The van der Waals surface area contributed by atoms with Gasteiger partial charge in [-0.05, 0) is 53.3 Å². The molecule has 2 atom stereocenters. The van der Waals surface area contributed by atoms with Crippen molar-refractivity contribution in [3.05, 3.63) is 112 Å². The highest BCUT2D eigenvalue weighted by molar-refractivity contribution is 5.70. The van der Waals surface area contributed by atoms with E-state index >= 15 is 0 Å². The number of anilines is 1. The van der Waals surface area contributed by atoms with E-state index in [0.29, 0.717) is 17.1 Å². The van der Waals surface area contributed by atoms with Crippen molar-refractivity contribution in [3.8, 4) is 22.7 Å². The Morgan fingerprint density at radius 3 is 2.17 bits per heavy atom. The van der Waals surface area contributed by atoms with Gasteiger partial charge in [-0.1, -0.05) is 75.9 Å². The number of rotatable bonds is 5. The zero-order chi connectivity index (χ0) is 27.5. The topological polar surface area (TPSA) is 96.4 Å². The average Bonchev–Trinajstić information content (AvgIpc) is 3.38. The molecule has 1 fully saturated rings. The summed E-state index contributed by atoms with van der Waals surface area (Å²) in [6.07, 6.45) is -0.603. The lowest BCUT2D eigenvalue weighted by atomic mass is 9.64. The molecule has 208 valence electrons. The van der Waals surface area contributed by atoms with Gasteiger partial charge in [0.05, 0.1) is 18.5 Å². The number of aromatic nitrogens is 2. The molecule has 0 bridgehead atoms. The smallest absolute Gasteiger partial charge is 0.275 e. The molecule has 2 aliphatic rings. The highest BCUT2D eigenvalue weighted by Crippen LogP contribution is 2.49. The molecule has 4 aromatic rings. The van der Waals surface area contributed by atoms with Crippen LogP contribution in [0.5, 0.6) is 5.75 Å². The zero-order valence-corrected chi connectivity index (χ0v) is 22.4. The largest absolute Gasteiger partial charge is 0.851 e. The first-order valence-corrected chi connectivity index (χ1v) is 13.2. The minimum atomic E-state index is -1.23. The Kier molecular flexibility index (Phi) is 6.98. The molecule has 0 saturated heterocycles. The van der Waals surface area contributed by atoms with Crippen LogP contribution >= 0.6 is 0 Å². The van der Waals surface area contributed by atoms with Crippen molar-refractivity contribution in [2.24, 2.45) is 5.92 Å². The SMILES string of the molecule is C.COc1ccc(-n2[nH]c(-c3ccccc3)c(C3C([O-])C(C=C4N(C)c5ccccc5C4(C)C)C3[O-])c2=O)cc1. The summed E-state index contributed by atoms with van der Waals surface area (Å²) in [7, 11) is 3.55. The molecular formula is C33H35N3O4-2. The van der Waals surface area contributed by atoms with Crippen LogP contribution in [0.4, 0.5) is 5.69 Å². The molecule has 1 N–H and O–H groups in total. The maximum Gasteiger partial charge on any atom is 0.275 e. The van der Waals surface area contributed by atoms with Gasteiger partial charge in [-0.2, -0.15) is 0 Å². The van der Waals surface area contributed by atoms with Crippen molar-refractivity contribution in [1.82, 2.24) is 9.78 Å². The van der Waals surface area contributed by atoms with Crippen molar-refractivity contribution < 1.29 is 14.9 Å². The Morgan fingerprint density at radius 1 is 0.925 bits per heavy atom. The fourth-order valence-electron chi connectivity index (χ4n) is 6.21. The number of nitrogens with one attached hydrogen (secondary N) is 1. The van der Waals surface area contributed by atoms with E-state index in [1.54, 1.807) is 31.4 Å². The third-order valence-electron chi connectivity index (χ3n) is 8.41. The molecule has 0 spiro atoms. The second kappa shape index (κ2) is 10.2. The molecule has 2 unspecified atom stereocenters. The van der Waals surface area contributed by atoms with Gasteiger partial charge in [-0.25, -0.2) is 4.68 Å². The maximum atomic E-state index is 13.8. The Hall–Kier alpha value is -4.07. The lowest BCUT2D eigenvalue weighted by Crippen LogP contribution is -2.65. The minimum Gasteiger partial charge on any atom is -0.851 e. The summed E-state index contributed by atoms with van der Waals surface area (Å²) in [5, 5.41) is 30.7. The lowest BCUT2D eigenvalue weighted by molar-refractivity contribution is -0.543. The Balaban J connectivity index is 0.00000323. The molecule has 2 heterocycles. The standard InChI is InChI=1S/C32H31N3O4.CH4/c1-32(2)23-12-8-9-13-24(23)34(3)25(32)18-22-29(36)27(30(22)37)26-28(19-10-6-5-7-11-19)33-35(31(26)38)20-14-16-21(39-4)17-15-20;/h5-18,22,27,29-30,33H,1-4H3;1H4/q-2;. The van der Waals surface area contributed by atoms with Crippen molar-refractivity contribution in [2.75, 3.05) is 19.1 Å². The third kappa shape index (κ3) is 4.08. The van der Waals surface area contributed by atoms with Crippen molar-refractivity contribution in [2.45, 2.75) is 44.8 Å². The highest BCUT2D eigenvalue weighted by atomic mass is 16.5. The molecule has 0 amide bonds. The summed E-state index contributed by atoms with van der Waals surface area (Å²) >= 11 is 0. The number of aromatic amines is 1. The Bertz CT molecular complexity index is 1590. The molecule has 7 nitrogen and oxygen atoms in total. The van der Waals surface area contributed by atoms with E-state index in [-0.39, 0.29) is 24.0 Å². The molecule has 1 saturated carbocycles. The monoisotopic (exact) mass is 537 g/mol. The van der Waals surface area contributed by atoms with Gasteiger partial charge >= 0.3 is 0 Å². The zero-order valence-electron chi connectivity index (χ0n) is 22.4. The van der Waals surface area contributed by atoms with Gasteiger partial charge in [-0.3, -0.25) is 9.89 Å². The van der Waals surface area contributed by atoms with Gasteiger partial charge in [0.25, 0.3) is 5.56 Å². The second-order valence-electron chi connectivity index (χ2n) is 10.9. The molecule has 6 rings (SSSR count). The maximum absolute atomic E-state index is 13.8. The molecule has 40 heavy (non-hydrogen) atoms. The van der Waals surface area contributed by atoms with E-state index in [1.807, 2.05) is 55.6 Å². The number of methoxy groups -OCH3 is 1. The summed E-state index contributed by atoms with van der Waals surface area (Å²) in [5.41, 5.74) is 4.61. The summed E-state index contributed by atoms with van der Waals surface area (Å²) in [4.78, 5) is 15.9.